The number of primary amides is 1. The maximum atomic E-state index is 11.5. The van der Waals surface area contributed by atoms with E-state index in [1.807, 2.05) is 0 Å². The number of nitrogens with one attached hydrogen (secondary N) is 2. The number of thiazole rings is 1. The van der Waals surface area contributed by atoms with Crippen LogP contribution in [0.2, 0.25) is 0 Å². The van der Waals surface area contributed by atoms with Crippen LogP contribution in [0.5, 0.6) is 0 Å². The number of halogens is 1. The second-order valence-electron chi connectivity index (χ2n) is 8.15. The van der Waals surface area contributed by atoms with Crippen LogP contribution in [-0.4, -0.2) is 48.4 Å². The maximum Gasteiger partial charge on any atom is 0.221 e. The molecule has 7 nitrogen and oxygen atoms in total. The van der Waals surface area contributed by atoms with Crippen LogP contribution in [0.25, 0.3) is 0 Å². The van der Waals surface area contributed by atoms with E-state index >= 15 is 0 Å². The first kappa shape index (κ1) is 26.5. The first-order chi connectivity index (χ1) is 14.9. The number of nitrogens with two attached hydrogens (primary N) is 1. The molecule has 3 rings (SSSR count). The molecule has 0 saturated carbocycles. The van der Waals surface area contributed by atoms with Crippen LogP contribution in [0.4, 0.5) is 0 Å². The number of benzene rings is 1. The number of aliphatic imine (C=N–C) groups is 1. The van der Waals surface area contributed by atoms with Gasteiger partial charge in [0, 0.05) is 44.5 Å². The highest BCUT2D eigenvalue weighted by Crippen LogP contribution is 2.19. The van der Waals surface area contributed by atoms with Crippen LogP contribution in [0.1, 0.15) is 39.5 Å². The van der Waals surface area contributed by atoms with Gasteiger partial charge in [0.25, 0.3) is 0 Å². The van der Waals surface area contributed by atoms with E-state index in [0.717, 1.165) is 62.1 Å². The smallest absolute Gasteiger partial charge is 0.221 e. The molecule has 2 heterocycles. The van der Waals surface area contributed by atoms with Gasteiger partial charge in [-0.25, -0.2) is 4.98 Å². The van der Waals surface area contributed by atoms with E-state index in [9.17, 15) is 4.79 Å². The number of hydrogen-bond donors (Lipinski definition) is 3. The molecule has 176 valence electrons. The lowest BCUT2D eigenvalue weighted by Gasteiger charge is -2.31. The summed E-state index contributed by atoms with van der Waals surface area (Å²) in [6, 6.07) is 8.57. The number of rotatable bonds is 8. The third-order valence-corrected chi connectivity index (χ3v) is 6.83. The number of aryl methyl sites for hydroxylation is 2. The molecule has 1 aliphatic heterocycles. The van der Waals surface area contributed by atoms with E-state index in [1.165, 1.54) is 16.0 Å². The summed E-state index contributed by atoms with van der Waals surface area (Å²) in [6.07, 6.45) is 2.82. The van der Waals surface area contributed by atoms with Crippen molar-refractivity contribution in [1.82, 2.24) is 20.5 Å². The van der Waals surface area contributed by atoms with Gasteiger partial charge in [0.2, 0.25) is 5.91 Å². The average molecular weight is 571 g/mol. The Kier molecular flexibility index (Phi) is 10.9. The number of carbonyl (C=O) groups excluding carboxylic acids is 1. The summed E-state index contributed by atoms with van der Waals surface area (Å²) < 4.78 is 0. The van der Waals surface area contributed by atoms with E-state index in [4.69, 9.17) is 5.73 Å². The molecular formula is C23H35IN6OS. The molecule has 1 fully saturated rings. The maximum absolute atomic E-state index is 11.5. The van der Waals surface area contributed by atoms with Crippen molar-refractivity contribution in [1.29, 1.82) is 0 Å². The first-order valence-corrected chi connectivity index (χ1v) is 11.7. The normalized spacial score (nSPS) is 17.0. The third-order valence-electron chi connectivity index (χ3n) is 5.69. The zero-order valence-electron chi connectivity index (χ0n) is 19.2. The van der Waals surface area contributed by atoms with E-state index < -0.39 is 0 Å². The van der Waals surface area contributed by atoms with Crippen LogP contribution in [0.15, 0.2) is 29.3 Å². The summed E-state index contributed by atoms with van der Waals surface area (Å²) in [7, 11) is 1.79. The lowest BCUT2D eigenvalue weighted by Crippen LogP contribution is -2.40. The Hall–Kier alpha value is -1.72. The molecule has 32 heavy (non-hydrogen) atoms. The fraction of sp³-hybridized carbons (Fsp3) is 0.522. The number of guanidine groups is 1. The standard InChI is InChI=1S/C23H34N6OS.HI/c1-16-17(2)31-21(28-16)9-10-26-23(25-3)27-13-18-6-4-7-19(12-18)14-29-11-5-8-20(15-29)22(24)30;/h4,6-7,12,20H,5,8-11,13-15H2,1-3H3,(H2,24,30)(H2,25,26,27);1H. The number of carbonyl (C=O) groups is 1. The van der Waals surface area contributed by atoms with Gasteiger partial charge in [-0.05, 0) is 44.4 Å². The zero-order chi connectivity index (χ0) is 22.2. The third kappa shape index (κ3) is 8.00. The van der Waals surface area contributed by atoms with Gasteiger partial charge in [-0.2, -0.15) is 0 Å². The Balaban J connectivity index is 0.00000363. The van der Waals surface area contributed by atoms with Gasteiger partial charge in [-0.1, -0.05) is 24.3 Å². The van der Waals surface area contributed by atoms with Crippen molar-refractivity contribution in [2.24, 2.45) is 16.6 Å². The van der Waals surface area contributed by atoms with Crippen LogP contribution >= 0.6 is 35.3 Å². The summed E-state index contributed by atoms with van der Waals surface area (Å²) >= 11 is 1.76. The van der Waals surface area contributed by atoms with Gasteiger partial charge >= 0.3 is 0 Å². The Labute approximate surface area is 212 Å². The predicted octanol–water partition coefficient (Wildman–Crippen LogP) is 2.98. The van der Waals surface area contributed by atoms with Gasteiger partial charge in [0.05, 0.1) is 16.6 Å². The van der Waals surface area contributed by atoms with Crippen molar-refractivity contribution >= 4 is 47.2 Å². The number of piperidine rings is 1. The van der Waals surface area contributed by atoms with Crippen LogP contribution in [0.3, 0.4) is 0 Å². The molecule has 1 atom stereocenters. The quantitative estimate of drug-likeness (QED) is 0.258. The molecular weight excluding hydrogens is 535 g/mol. The van der Waals surface area contributed by atoms with Crippen molar-refractivity contribution in [3.05, 3.63) is 51.0 Å². The summed E-state index contributed by atoms with van der Waals surface area (Å²) in [5, 5.41) is 7.91. The van der Waals surface area contributed by atoms with Gasteiger partial charge in [0.15, 0.2) is 5.96 Å². The molecule has 0 spiro atoms. The molecule has 2 aromatic rings. The number of hydrogen-bond acceptors (Lipinski definition) is 5. The molecule has 1 aliphatic rings. The molecule has 1 aromatic heterocycles. The molecule has 1 unspecified atom stereocenters. The van der Waals surface area contributed by atoms with Crippen molar-refractivity contribution in [3.63, 3.8) is 0 Å². The van der Waals surface area contributed by atoms with Crippen molar-refractivity contribution < 1.29 is 4.79 Å². The Morgan fingerprint density at radius 1 is 1.31 bits per heavy atom. The minimum atomic E-state index is -0.179. The lowest BCUT2D eigenvalue weighted by atomic mass is 9.97. The fourth-order valence-corrected chi connectivity index (χ4v) is 4.80. The van der Waals surface area contributed by atoms with Gasteiger partial charge in [0.1, 0.15) is 0 Å². The summed E-state index contributed by atoms with van der Waals surface area (Å²) in [4.78, 5) is 24.0. The molecule has 1 saturated heterocycles. The van der Waals surface area contributed by atoms with Crippen LogP contribution < -0.4 is 16.4 Å². The Morgan fingerprint density at radius 2 is 2.09 bits per heavy atom. The van der Waals surface area contributed by atoms with E-state index in [0.29, 0.717) is 6.54 Å². The van der Waals surface area contributed by atoms with Crippen molar-refractivity contribution in [2.45, 2.75) is 46.2 Å². The van der Waals surface area contributed by atoms with Gasteiger partial charge in [-0.15, -0.1) is 35.3 Å². The van der Waals surface area contributed by atoms with Crippen LogP contribution in [0, 0.1) is 19.8 Å². The summed E-state index contributed by atoms with van der Waals surface area (Å²) in [6.45, 7) is 8.28. The molecule has 4 N–H and O–H groups in total. The minimum Gasteiger partial charge on any atom is -0.369 e. The Bertz CT molecular complexity index is 896. The Morgan fingerprint density at radius 3 is 2.78 bits per heavy atom. The molecule has 1 aromatic carbocycles. The lowest BCUT2D eigenvalue weighted by molar-refractivity contribution is -0.123. The summed E-state index contributed by atoms with van der Waals surface area (Å²) in [5.41, 5.74) is 9.09. The zero-order valence-corrected chi connectivity index (χ0v) is 22.3. The highest BCUT2D eigenvalue weighted by Gasteiger charge is 2.23. The molecule has 0 radical (unpaired) electrons. The van der Waals surface area contributed by atoms with Gasteiger partial charge in [-0.3, -0.25) is 14.7 Å². The summed E-state index contributed by atoms with van der Waals surface area (Å²) in [5.74, 6) is 0.586. The van der Waals surface area contributed by atoms with E-state index in [-0.39, 0.29) is 35.8 Å². The number of amides is 1. The van der Waals surface area contributed by atoms with Crippen molar-refractivity contribution in [2.75, 3.05) is 26.7 Å². The monoisotopic (exact) mass is 570 g/mol. The largest absolute Gasteiger partial charge is 0.369 e. The molecule has 9 heteroatoms. The number of likely N-dealkylation sites (tertiary alicyclic amines) is 1. The highest BCUT2D eigenvalue weighted by molar-refractivity contribution is 14.0. The minimum absolute atomic E-state index is 0. The SMILES string of the molecule is CN=C(NCCc1nc(C)c(C)s1)NCc1cccc(CN2CCCC(C(N)=O)C2)c1.I. The topological polar surface area (TPSA) is 95.6 Å². The average Bonchev–Trinajstić information content (AvgIpc) is 3.08. The first-order valence-electron chi connectivity index (χ1n) is 10.9. The second kappa shape index (κ2) is 13.1. The van der Waals surface area contributed by atoms with E-state index in [2.05, 4.69) is 63.6 Å². The van der Waals surface area contributed by atoms with Gasteiger partial charge < -0.3 is 16.4 Å². The number of nitrogens with zero attached hydrogens (tertiary/aromatic N) is 3. The second-order valence-corrected chi connectivity index (χ2v) is 9.44. The molecule has 0 aliphatic carbocycles. The highest BCUT2D eigenvalue weighted by atomic mass is 127. The van der Waals surface area contributed by atoms with Crippen LogP contribution in [-0.2, 0) is 24.3 Å². The van der Waals surface area contributed by atoms with E-state index in [1.54, 1.807) is 18.4 Å². The molecule has 0 bridgehead atoms. The fourth-order valence-electron chi connectivity index (χ4n) is 3.87. The number of aromatic nitrogens is 1. The molecule has 1 amide bonds. The predicted molar refractivity (Wildman–Crippen MR) is 143 cm³/mol. The van der Waals surface area contributed by atoms with Crippen molar-refractivity contribution in [3.8, 4) is 0 Å².